The number of aliphatic hydroxyl groups is 3. The van der Waals surface area contributed by atoms with Crippen LogP contribution in [0.4, 0.5) is 0 Å². The standard InChI is InChI=1S/C30H44O11/c1-8-10-11-12-13-14-20(33)38-24-22-21(17(4)23(24)39-26(34)16(3)9-2)25-30(37,29(7,36)27(35)40-25)19(32)15-28(22,6)41-18(5)31/h9,19,22-25,32,36-37H,8,10-15H2,1-7H3/b16-9+/t19-,22+,23-,24-,25-,28-,29+,30+/m0/s1. The average molecular weight is 581 g/mol. The predicted molar refractivity (Wildman–Crippen MR) is 145 cm³/mol. The smallest absolute Gasteiger partial charge is 0.341 e. The fourth-order valence-electron chi connectivity index (χ4n) is 6.38. The second-order valence-corrected chi connectivity index (χ2v) is 11.8. The van der Waals surface area contributed by atoms with Gasteiger partial charge in [0.2, 0.25) is 0 Å². The molecular weight excluding hydrogens is 536 g/mol. The SMILES string of the molecule is C/C=C(\C)C(=O)O[C@H]1C(C)=C2[C@H]([C@@H]1OC(=O)CCCCCCC)[C@@](C)(OC(C)=O)C[C@H](O)[C@@]1(O)[C@H]2OC(=O)[C@@]1(C)O. The van der Waals surface area contributed by atoms with Gasteiger partial charge in [-0.05, 0) is 52.2 Å². The van der Waals surface area contributed by atoms with Crippen molar-refractivity contribution in [3.05, 3.63) is 22.8 Å². The van der Waals surface area contributed by atoms with Gasteiger partial charge in [-0.25, -0.2) is 9.59 Å². The highest BCUT2D eigenvalue weighted by Gasteiger charge is 2.74. The van der Waals surface area contributed by atoms with Crippen molar-refractivity contribution in [3.63, 3.8) is 0 Å². The van der Waals surface area contributed by atoms with E-state index >= 15 is 0 Å². The Kier molecular flexibility index (Phi) is 9.77. The van der Waals surface area contributed by atoms with Crippen molar-refractivity contribution in [1.29, 1.82) is 0 Å². The van der Waals surface area contributed by atoms with E-state index in [2.05, 4.69) is 6.92 Å². The van der Waals surface area contributed by atoms with E-state index in [1.54, 1.807) is 26.8 Å². The largest absolute Gasteiger partial charge is 0.459 e. The molecular formula is C30H44O11. The highest BCUT2D eigenvalue weighted by atomic mass is 16.6. The van der Waals surface area contributed by atoms with Crippen LogP contribution in [0.25, 0.3) is 0 Å². The van der Waals surface area contributed by atoms with Crippen molar-refractivity contribution in [2.45, 2.75) is 135 Å². The maximum atomic E-state index is 13.1. The van der Waals surface area contributed by atoms with Crippen LogP contribution in [0.5, 0.6) is 0 Å². The molecule has 1 heterocycles. The van der Waals surface area contributed by atoms with E-state index in [1.807, 2.05) is 0 Å². The first kappa shape index (κ1) is 32.8. The summed E-state index contributed by atoms with van der Waals surface area (Å²) in [5.74, 6) is -4.23. The molecule has 3 aliphatic rings. The molecule has 0 radical (unpaired) electrons. The van der Waals surface area contributed by atoms with Gasteiger partial charge in [-0.2, -0.15) is 0 Å². The van der Waals surface area contributed by atoms with Crippen LogP contribution in [0, 0.1) is 5.92 Å². The minimum atomic E-state index is -2.55. The number of esters is 4. The Hall–Kier alpha value is -2.76. The first-order valence-electron chi connectivity index (χ1n) is 14.3. The van der Waals surface area contributed by atoms with Crippen molar-refractivity contribution in [3.8, 4) is 0 Å². The van der Waals surface area contributed by atoms with E-state index in [0.717, 1.165) is 32.6 Å². The molecule has 1 saturated heterocycles. The van der Waals surface area contributed by atoms with Crippen LogP contribution in [0.3, 0.4) is 0 Å². The van der Waals surface area contributed by atoms with E-state index in [9.17, 15) is 34.5 Å². The molecule has 2 fully saturated rings. The molecule has 230 valence electrons. The molecule has 3 N–H and O–H groups in total. The van der Waals surface area contributed by atoms with Crippen molar-refractivity contribution < 1.29 is 53.4 Å². The number of carbonyl (C=O) groups excluding carboxylic acids is 4. The second kappa shape index (κ2) is 12.2. The summed E-state index contributed by atoms with van der Waals surface area (Å²) >= 11 is 0. The Morgan fingerprint density at radius 1 is 1.07 bits per heavy atom. The van der Waals surface area contributed by atoms with Crippen molar-refractivity contribution >= 4 is 23.9 Å². The molecule has 1 saturated carbocycles. The maximum Gasteiger partial charge on any atom is 0.341 e. The lowest BCUT2D eigenvalue weighted by atomic mass is 9.75. The zero-order valence-corrected chi connectivity index (χ0v) is 25.0. The van der Waals surface area contributed by atoms with Gasteiger partial charge in [0.15, 0.2) is 29.5 Å². The Labute approximate surface area is 240 Å². The number of ether oxygens (including phenoxy) is 4. The zero-order valence-electron chi connectivity index (χ0n) is 25.0. The third kappa shape index (κ3) is 5.81. The van der Waals surface area contributed by atoms with Crippen molar-refractivity contribution in [1.82, 2.24) is 0 Å². The number of fused-ring (bicyclic) bond motifs is 3. The van der Waals surface area contributed by atoms with Gasteiger partial charge in [-0.3, -0.25) is 9.59 Å². The van der Waals surface area contributed by atoms with Gasteiger partial charge in [-0.15, -0.1) is 0 Å². The van der Waals surface area contributed by atoms with Gasteiger partial charge in [0, 0.05) is 25.3 Å². The number of unbranched alkanes of at least 4 members (excludes halogenated alkanes) is 4. The van der Waals surface area contributed by atoms with Gasteiger partial charge in [0.05, 0.1) is 12.0 Å². The number of hydrogen-bond donors (Lipinski definition) is 3. The Bertz CT molecular complexity index is 1120. The first-order valence-corrected chi connectivity index (χ1v) is 14.3. The lowest BCUT2D eigenvalue weighted by molar-refractivity contribution is -0.199. The summed E-state index contributed by atoms with van der Waals surface area (Å²) in [7, 11) is 0. The summed E-state index contributed by atoms with van der Waals surface area (Å²) in [5, 5.41) is 34.1. The third-order valence-corrected chi connectivity index (χ3v) is 8.81. The summed E-state index contributed by atoms with van der Waals surface area (Å²) in [5.41, 5.74) is -5.99. The van der Waals surface area contributed by atoms with Crippen molar-refractivity contribution in [2.75, 3.05) is 0 Å². The van der Waals surface area contributed by atoms with Crippen LogP contribution in [0.1, 0.15) is 93.4 Å². The molecule has 0 aromatic heterocycles. The quantitative estimate of drug-likeness (QED) is 0.114. The van der Waals surface area contributed by atoms with Crippen LogP contribution in [-0.4, -0.2) is 80.4 Å². The maximum absolute atomic E-state index is 13.1. The third-order valence-electron chi connectivity index (χ3n) is 8.81. The number of rotatable bonds is 10. The molecule has 11 nitrogen and oxygen atoms in total. The minimum absolute atomic E-state index is 0.0971. The second-order valence-electron chi connectivity index (χ2n) is 11.8. The lowest BCUT2D eigenvalue weighted by Crippen LogP contribution is -2.63. The lowest BCUT2D eigenvalue weighted by Gasteiger charge is -2.40. The van der Waals surface area contributed by atoms with E-state index in [1.165, 1.54) is 13.8 Å². The molecule has 3 rings (SSSR count). The van der Waals surface area contributed by atoms with E-state index in [-0.39, 0.29) is 17.6 Å². The van der Waals surface area contributed by atoms with Gasteiger partial charge in [0.1, 0.15) is 5.60 Å². The molecule has 2 aliphatic carbocycles. The molecule has 0 aromatic rings. The Morgan fingerprint density at radius 3 is 2.29 bits per heavy atom. The molecule has 0 unspecified atom stereocenters. The molecule has 0 aromatic carbocycles. The van der Waals surface area contributed by atoms with Gasteiger partial charge in [-0.1, -0.05) is 38.7 Å². The van der Waals surface area contributed by atoms with Gasteiger partial charge < -0.3 is 34.3 Å². The summed E-state index contributed by atoms with van der Waals surface area (Å²) in [6.45, 7) is 10.6. The zero-order chi connectivity index (χ0) is 30.9. The van der Waals surface area contributed by atoms with Crippen LogP contribution in [0.15, 0.2) is 22.8 Å². The van der Waals surface area contributed by atoms with E-state index < -0.39 is 77.4 Å². The highest BCUT2D eigenvalue weighted by molar-refractivity contribution is 5.88. The van der Waals surface area contributed by atoms with Crippen LogP contribution < -0.4 is 0 Å². The van der Waals surface area contributed by atoms with Crippen LogP contribution in [0.2, 0.25) is 0 Å². The number of aliphatic hydroxyl groups excluding tert-OH is 1. The van der Waals surface area contributed by atoms with Gasteiger partial charge in [0.25, 0.3) is 0 Å². The monoisotopic (exact) mass is 580 g/mol. The summed E-state index contributed by atoms with van der Waals surface area (Å²) in [4.78, 5) is 51.2. The molecule has 1 aliphatic heterocycles. The van der Waals surface area contributed by atoms with Crippen LogP contribution >= 0.6 is 0 Å². The average Bonchev–Trinajstić information content (AvgIpc) is 3.22. The topological polar surface area (TPSA) is 166 Å². The highest BCUT2D eigenvalue weighted by Crippen LogP contribution is 2.56. The molecule has 41 heavy (non-hydrogen) atoms. The molecule has 0 bridgehead atoms. The van der Waals surface area contributed by atoms with E-state index in [0.29, 0.717) is 12.0 Å². The number of carbonyl (C=O) groups is 4. The molecule has 0 amide bonds. The summed E-state index contributed by atoms with van der Waals surface area (Å²) in [6, 6.07) is 0. The minimum Gasteiger partial charge on any atom is -0.459 e. The number of hydrogen-bond acceptors (Lipinski definition) is 11. The summed E-state index contributed by atoms with van der Waals surface area (Å²) < 4.78 is 23.1. The molecule has 0 spiro atoms. The fraction of sp³-hybridized carbons (Fsp3) is 0.733. The Morgan fingerprint density at radius 2 is 1.71 bits per heavy atom. The van der Waals surface area contributed by atoms with E-state index in [4.69, 9.17) is 18.9 Å². The Balaban J connectivity index is 2.15. The van der Waals surface area contributed by atoms with Gasteiger partial charge >= 0.3 is 23.9 Å². The summed E-state index contributed by atoms with van der Waals surface area (Å²) in [6.07, 6.45) is -0.166. The normalized spacial score (nSPS) is 36.7. The molecule has 11 heteroatoms. The van der Waals surface area contributed by atoms with Crippen LogP contribution in [-0.2, 0) is 38.1 Å². The first-order chi connectivity index (χ1) is 19.1. The number of allylic oxidation sites excluding steroid dienone is 1. The van der Waals surface area contributed by atoms with Crippen molar-refractivity contribution in [2.24, 2.45) is 5.92 Å². The predicted octanol–water partition coefficient (Wildman–Crippen LogP) is 2.58. The fourth-order valence-corrected chi connectivity index (χ4v) is 6.38. The molecule has 8 atom stereocenters.